The molecule has 1 N–H and O–H groups in total. The molecular weight excluding hydrogens is 362 g/mol. The molecule has 0 saturated carbocycles. The van der Waals surface area contributed by atoms with E-state index >= 15 is 0 Å². The van der Waals surface area contributed by atoms with Crippen molar-refractivity contribution >= 4 is 29.1 Å². The van der Waals surface area contributed by atoms with Crippen molar-refractivity contribution in [2.45, 2.75) is 5.92 Å². The zero-order chi connectivity index (χ0) is 19.1. The molecule has 0 aliphatic heterocycles. The number of rotatable bonds is 6. The molecule has 3 rings (SSSR count). The highest BCUT2D eigenvalue weighted by Gasteiger charge is 2.25. The average Bonchev–Trinajstić information content (AvgIpc) is 3.23. The molecule has 0 radical (unpaired) electrons. The van der Waals surface area contributed by atoms with Crippen molar-refractivity contribution in [2.24, 2.45) is 0 Å². The number of amides is 2. The van der Waals surface area contributed by atoms with E-state index in [1.54, 1.807) is 17.5 Å². The van der Waals surface area contributed by atoms with Crippen LogP contribution in [0.4, 0.5) is 0 Å². The zero-order valence-corrected chi connectivity index (χ0v) is 15.1. The fourth-order valence-corrected chi connectivity index (χ4v) is 3.23. The summed E-state index contributed by atoms with van der Waals surface area (Å²) in [6.45, 7) is -0.522. The molecule has 0 aliphatic rings. The van der Waals surface area contributed by atoms with Crippen molar-refractivity contribution in [3.05, 3.63) is 94.2 Å². The summed E-state index contributed by atoms with van der Waals surface area (Å²) in [5.74, 6) is -2.37. The number of thiophene rings is 1. The van der Waals surface area contributed by atoms with Crippen molar-refractivity contribution < 1.29 is 19.1 Å². The Morgan fingerprint density at radius 3 is 1.96 bits per heavy atom. The van der Waals surface area contributed by atoms with Crippen molar-refractivity contribution in [3.8, 4) is 0 Å². The van der Waals surface area contributed by atoms with Gasteiger partial charge in [0.05, 0.1) is 4.88 Å². The van der Waals surface area contributed by atoms with E-state index in [0.717, 1.165) is 11.1 Å². The maximum absolute atomic E-state index is 12.7. The standard InChI is InChI=1S/C21H17NO4S/c23-18(22-20(24)17-12-7-13-27-17)14-26-21(25)19(15-8-3-1-4-9-15)16-10-5-2-6-11-16/h1-13,19H,14H2,(H,22,23,24). The van der Waals surface area contributed by atoms with Crippen molar-refractivity contribution in [3.63, 3.8) is 0 Å². The summed E-state index contributed by atoms with van der Waals surface area (Å²) in [4.78, 5) is 36.9. The topological polar surface area (TPSA) is 72.5 Å². The predicted octanol–water partition coefficient (Wildman–Crippen LogP) is 3.38. The first-order chi connectivity index (χ1) is 13.1. The summed E-state index contributed by atoms with van der Waals surface area (Å²) in [7, 11) is 0. The monoisotopic (exact) mass is 379 g/mol. The summed E-state index contributed by atoms with van der Waals surface area (Å²) in [6.07, 6.45) is 0. The highest BCUT2D eigenvalue weighted by atomic mass is 32.1. The predicted molar refractivity (Wildman–Crippen MR) is 102 cm³/mol. The Labute approximate surface area is 160 Å². The van der Waals surface area contributed by atoms with Gasteiger partial charge in [0.1, 0.15) is 5.92 Å². The number of nitrogens with one attached hydrogen (secondary N) is 1. The maximum atomic E-state index is 12.7. The minimum Gasteiger partial charge on any atom is -0.455 e. The maximum Gasteiger partial charge on any atom is 0.318 e. The van der Waals surface area contributed by atoms with Gasteiger partial charge in [0, 0.05) is 0 Å². The van der Waals surface area contributed by atoms with Gasteiger partial charge in [-0.05, 0) is 22.6 Å². The van der Waals surface area contributed by atoms with Gasteiger partial charge < -0.3 is 4.74 Å². The van der Waals surface area contributed by atoms with Crippen LogP contribution in [-0.2, 0) is 14.3 Å². The number of hydrogen-bond donors (Lipinski definition) is 1. The van der Waals surface area contributed by atoms with Gasteiger partial charge in [0.2, 0.25) is 0 Å². The Hall–Kier alpha value is -3.25. The third-order valence-electron chi connectivity index (χ3n) is 3.84. The molecule has 0 bridgehead atoms. The molecule has 0 fully saturated rings. The quantitative estimate of drug-likeness (QED) is 0.667. The molecule has 136 valence electrons. The molecule has 27 heavy (non-hydrogen) atoms. The molecule has 0 saturated heterocycles. The lowest BCUT2D eigenvalue weighted by atomic mass is 9.91. The Kier molecular flexibility index (Phi) is 6.12. The fourth-order valence-electron chi connectivity index (χ4n) is 2.61. The van der Waals surface area contributed by atoms with E-state index in [0.29, 0.717) is 4.88 Å². The second kappa shape index (κ2) is 8.91. The number of imide groups is 1. The molecule has 6 heteroatoms. The van der Waals surface area contributed by atoms with Crippen LogP contribution in [0.25, 0.3) is 0 Å². The molecule has 5 nitrogen and oxygen atoms in total. The number of benzene rings is 2. The second-order valence-corrected chi connectivity index (χ2v) is 6.66. The lowest BCUT2D eigenvalue weighted by molar-refractivity contribution is -0.148. The normalized spacial score (nSPS) is 10.4. The third kappa shape index (κ3) is 4.89. The van der Waals surface area contributed by atoms with Crippen LogP contribution in [0.15, 0.2) is 78.2 Å². The van der Waals surface area contributed by atoms with E-state index in [1.165, 1.54) is 11.3 Å². The van der Waals surface area contributed by atoms with Gasteiger partial charge in [-0.1, -0.05) is 66.7 Å². The highest BCUT2D eigenvalue weighted by molar-refractivity contribution is 7.12. The summed E-state index contributed by atoms with van der Waals surface area (Å²) in [6, 6.07) is 21.7. The Morgan fingerprint density at radius 1 is 0.852 bits per heavy atom. The number of carbonyl (C=O) groups is 3. The van der Waals surface area contributed by atoms with Crippen LogP contribution in [0.2, 0.25) is 0 Å². The van der Waals surface area contributed by atoms with Gasteiger partial charge in [0.25, 0.3) is 11.8 Å². The van der Waals surface area contributed by atoms with Crippen LogP contribution in [0.1, 0.15) is 26.7 Å². The van der Waals surface area contributed by atoms with E-state index in [4.69, 9.17) is 4.74 Å². The molecule has 3 aromatic rings. The van der Waals surface area contributed by atoms with Gasteiger partial charge in [-0.25, -0.2) is 0 Å². The SMILES string of the molecule is O=C(COC(=O)C(c1ccccc1)c1ccccc1)NC(=O)c1cccs1. The van der Waals surface area contributed by atoms with Crippen LogP contribution in [0.3, 0.4) is 0 Å². The molecule has 2 aromatic carbocycles. The van der Waals surface area contributed by atoms with E-state index < -0.39 is 30.3 Å². The van der Waals surface area contributed by atoms with Crippen LogP contribution in [0, 0.1) is 0 Å². The van der Waals surface area contributed by atoms with Crippen LogP contribution in [-0.4, -0.2) is 24.4 Å². The first-order valence-electron chi connectivity index (χ1n) is 8.29. The Morgan fingerprint density at radius 2 is 1.44 bits per heavy atom. The van der Waals surface area contributed by atoms with Crippen molar-refractivity contribution in [1.82, 2.24) is 5.32 Å². The molecule has 0 atom stereocenters. The zero-order valence-electron chi connectivity index (χ0n) is 14.3. The first kappa shape index (κ1) is 18.5. The molecule has 0 aliphatic carbocycles. The molecule has 0 spiro atoms. The summed E-state index contributed by atoms with van der Waals surface area (Å²) in [5.41, 5.74) is 1.53. The number of carbonyl (C=O) groups excluding carboxylic acids is 3. The largest absolute Gasteiger partial charge is 0.455 e. The van der Waals surface area contributed by atoms with Gasteiger partial charge in [0.15, 0.2) is 6.61 Å². The lowest BCUT2D eigenvalue weighted by Gasteiger charge is -2.16. The van der Waals surface area contributed by atoms with E-state index in [-0.39, 0.29) is 0 Å². The first-order valence-corrected chi connectivity index (χ1v) is 9.17. The van der Waals surface area contributed by atoms with Crippen molar-refractivity contribution in [2.75, 3.05) is 6.61 Å². The second-order valence-electron chi connectivity index (χ2n) is 5.72. The molecule has 1 heterocycles. The van der Waals surface area contributed by atoms with Crippen LogP contribution < -0.4 is 5.32 Å². The number of ether oxygens (including phenoxy) is 1. The van der Waals surface area contributed by atoms with E-state index in [2.05, 4.69) is 5.32 Å². The molecule has 2 amide bonds. The number of esters is 1. The minimum atomic E-state index is -0.665. The highest BCUT2D eigenvalue weighted by Crippen LogP contribution is 2.25. The van der Waals surface area contributed by atoms with E-state index in [9.17, 15) is 14.4 Å². The molecule has 1 aromatic heterocycles. The van der Waals surface area contributed by atoms with Crippen LogP contribution in [0.5, 0.6) is 0 Å². The lowest BCUT2D eigenvalue weighted by Crippen LogP contribution is -2.34. The molecule has 0 unspecified atom stereocenters. The summed E-state index contributed by atoms with van der Waals surface area (Å²) >= 11 is 1.22. The summed E-state index contributed by atoms with van der Waals surface area (Å²) < 4.78 is 5.19. The van der Waals surface area contributed by atoms with Gasteiger partial charge in [-0.2, -0.15) is 0 Å². The summed E-state index contributed by atoms with van der Waals surface area (Å²) in [5, 5.41) is 3.95. The number of hydrogen-bond acceptors (Lipinski definition) is 5. The fraction of sp³-hybridized carbons (Fsp3) is 0.0952. The van der Waals surface area contributed by atoms with Crippen molar-refractivity contribution in [1.29, 1.82) is 0 Å². The van der Waals surface area contributed by atoms with Gasteiger partial charge in [-0.3, -0.25) is 19.7 Å². The van der Waals surface area contributed by atoms with E-state index in [1.807, 2.05) is 60.7 Å². The van der Waals surface area contributed by atoms with Gasteiger partial charge >= 0.3 is 5.97 Å². The Balaban J connectivity index is 1.66. The Bertz CT molecular complexity index is 868. The van der Waals surface area contributed by atoms with Crippen LogP contribution >= 0.6 is 11.3 Å². The molecular formula is C21H17NO4S. The smallest absolute Gasteiger partial charge is 0.318 e. The minimum absolute atomic E-state index is 0.418. The van der Waals surface area contributed by atoms with Gasteiger partial charge in [-0.15, -0.1) is 11.3 Å². The third-order valence-corrected chi connectivity index (χ3v) is 4.71. The average molecular weight is 379 g/mol.